The summed E-state index contributed by atoms with van der Waals surface area (Å²) < 4.78 is 5.54. The van der Waals surface area contributed by atoms with Crippen molar-refractivity contribution in [2.75, 3.05) is 6.61 Å². The first-order valence-electron chi connectivity index (χ1n) is 5.92. The van der Waals surface area contributed by atoms with Crippen LogP contribution in [0.2, 0.25) is 0 Å². The molecule has 1 heterocycles. The fourth-order valence-electron chi connectivity index (χ4n) is 1.85. The summed E-state index contributed by atoms with van der Waals surface area (Å²) >= 11 is 0. The van der Waals surface area contributed by atoms with Gasteiger partial charge in [-0.25, -0.2) is 0 Å². The van der Waals surface area contributed by atoms with Crippen LogP contribution in [0.4, 0.5) is 0 Å². The summed E-state index contributed by atoms with van der Waals surface area (Å²) in [5, 5.41) is 0.681. The zero-order valence-corrected chi connectivity index (χ0v) is 10.4. The van der Waals surface area contributed by atoms with Gasteiger partial charge in [0.1, 0.15) is 5.75 Å². The average molecular weight is 231 g/mol. The number of aromatic amines is 1. The third-order valence-corrected chi connectivity index (χ3v) is 2.77. The van der Waals surface area contributed by atoms with Crippen molar-refractivity contribution in [1.82, 2.24) is 4.98 Å². The zero-order chi connectivity index (χ0) is 12.4. The smallest absolute Gasteiger partial charge is 0.189 e. The fourth-order valence-corrected chi connectivity index (χ4v) is 1.85. The Kier molecular flexibility index (Phi) is 3.18. The SMILES string of the molecule is CCOc1cccc2c(=O)cc(C(C)C)[nH]c12. The van der Waals surface area contributed by atoms with Crippen molar-refractivity contribution in [1.29, 1.82) is 0 Å². The number of hydrogen-bond acceptors (Lipinski definition) is 2. The molecule has 0 aliphatic heterocycles. The summed E-state index contributed by atoms with van der Waals surface area (Å²) in [5.74, 6) is 1.03. The predicted molar refractivity (Wildman–Crippen MR) is 69.8 cm³/mol. The molecule has 90 valence electrons. The number of aromatic nitrogens is 1. The highest BCUT2D eigenvalue weighted by molar-refractivity contribution is 5.84. The van der Waals surface area contributed by atoms with E-state index in [2.05, 4.69) is 18.8 Å². The lowest BCUT2D eigenvalue weighted by Gasteiger charge is -2.11. The Labute approximate surface area is 100 Å². The van der Waals surface area contributed by atoms with Gasteiger partial charge >= 0.3 is 0 Å². The topological polar surface area (TPSA) is 42.1 Å². The third kappa shape index (κ3) is 2.18. The van der Waals surface area contributed by atoms with Crippen LogP contribution in [0.15, 0.2) is 29.1 Å². The number of fused-ring (bicyclic) bond motifs is 1. The second-order valence-electron chi connectivity index (χ2n) is 4.36. The van der Waals surface area contributed by atoms with Crippen LogP contribution in [-0.2, 0) is 0 Å². The molecule has 0 unspecified atom stereocenters. The van der Waals surface area contributed by atoms with Crippen molar-refractivity contribution in [3.05, 3.63) is 40.2 Å². The predicted octanol–water partition coefficient (Wildman–Crippen LogP) is 3.05. The molecule has 0 aliphatic carbocycles. The van der Waals surface area contributed by atoms with E-state index in [1.54, 1.807) is 6.07 Å². The number of ether oxygens (including phenoxy) is 1. The molecule has 1 aromatic heterocycles. The van der Waals surface area contributed by atoms with E-state index >= 15 is 0 Å². The number of hydrogen-bond donors (Lipinski definition) is 1. The van der Waals surface area contributed by atoms with Crippen LogP contribution < -0.4 is 10.2 Å². The van der Waals surface area contributed by atoms with E-state index in [1.807, 2.05) is 25.1 Å². The maximum atomic E-state index is 12.0. The fraction of sp³-hybridized carbons (Fsp3) is 0.357. The van der Waals surface area contributed by atoms with Crippen LogP contribution in [0.25, 0.3) is 10.9 Å². The van der Waals surface area contributed by atoms with Gasteiger partial charge in [-0.1, -0.05) is 19.9 Å². The lowest BCUT2D eigenvalue weighted by molar-refractivity contribution is 0.343. The Hall–Kier alpha value is -1.77. The number of rotatable bonds is 3. The van der Waals surface area contributed by atoms with E-state index < -0.39 is 0 Å². The zero-order valence-electron chi connectivity index (χ0n) is 10.4. The average Bonchev–Trinajstić information content (AvgIpc) is 2.30. The van der Waals surface area contributed by atoms with Crippen LogP contribution >= 0.6 is 0 Å². The van der Waals surface area contributed by atoms with Crippen molar-refractivity contribution < 1.29 is 4.74 Å². The molecule has 0 aliphatic rings. The van der Waals surface area contributed by atoms with Gasteiger partial charge in [0.2, 0.25) is 0 Å². The van der Waals surface area contributed by atoms with Crippen LogP contribution in [0.1, 0.15) is 32.4 Å². The molecule has 0 radical (unpaired) electrons. The lowest BCUT2D eigenvalue weighted by Crippen LogP contribution is -2.07. The number of H-pyrrole nitrogens is 1. The Balaban J connectivity index is 2.74. The van der Waals surface area contributed by atoms with Crippen LogP contribution in [0.5, 0.6) is 5.75 Å². The van der Waals surface area contributed by atoms with Crippen molar-refractivity contribution in [3.8, 4) is 5.75 Å². The molecular weight excluding hydrogens is 214 g/mol. The van der Waals surface area contributed by atoms with Crippen molar-refractivity contribution in [3.63, 3.8) is 0 Å². The minimum Gasteiger partial charge on any atom is -0.492 e. The standard InChI is InChI=1S/C14H17NO2/c1-4-17-13-7-5-6-10-12(16)8-11(9(2)3)15-14(10)13/h5-9H,4H2,1-3H3,(H,15,16). The summed E-state index contributed by atoms with van der Waals surface area (Å²) in [6.07, 6.45) is 0. The Morgan fingerprint density at radius 3 is 2.76 bits per heavy atom. The van der Waals surface area contributed by atoms with E-state index in [0.717, 1.165) is 17.0 Å². The Morgan fingerprint density at radius 1 is 1.35 bits per heavy atom. The second kappa shape index (κ2) is 4.62. The molecule has 2 rings (SSSR count). The molecule has 0 saturated heterocycles. The van der Waals surface area contributed by atoms with E-state index in [0.29, 0.717) is 17.9 Å². The van der Waals surface area contributed by atoms with Gasteiger partial charge in [0.15, 0.2) is 5.43 Å². The van der Waals surface area contributed by atoms with Gasteiger partial charge in [-0.15, -0.1) is 0 Å². The highest BCUT2D eigenvalue weighted by Crippen LogP contribution is 2.23. The summed E-state index contributed by atoms with van der Waals surface area (Å²) in [6.45, 7) is 6.64. The maximum Gasteiger partial charge on any atom is 0.189 e. The minimum atomic E-state index is 0.0454. The molecule has 3 nitrogen and oxygen atoms in total. The maximum absolute atomic E-state index is 12.0. The molecule has 0 bridgehead atoms. The molecule has 1 N–H and O–H groups in total. The van der Waals surface area contributed by atoms with Crippen LogP contribution in [0, 0.1) is 0 Å². The van der Waals surface area contributed by atoms with Gasteiger partial charge in [0.25, 0.3) is 0 Å². The first-order valence-corrected chi connectivity index (χ1v) is 5.92. The second-order valence-corrected chi connectivity index (χ2v) is 4.36. The van der Waals surface area contributed by atoms with Gasteiger partial charge in [-0.2, -0.15) is 0 Å². The molecule has 2 aromatic rings. The first-order chi connectivity index (χ1) is 8.13. The van der Waals surface area contributed by atoms with Gasteiger partial charge in [-0.3, -0.25) is 4.79 Å². The van der Waals surface area contributed by atoms with Gasteiger partial charge in [0, 0.05) is 17.1 Å². The molecule has 17 heavy (non-hydrogen) atoms. The number of benzene rings is 1. The van der Waals surface area contributed by atoms with Gasteiger partial charge in [0.05, 0.1) is 12.1 Å². The number of nitrogens with one attached hydrogen (secondary N) is 1. The Morgan fingerprint density at radius 2 is 2.12 bits per heavy atom. The minimum absolute atomic E-state index is 0.0454. The van der Waals surface area contributed by atoms with E-state index in [4.69, 9.17) is 4.74 Å². The summed E-state index contributed by atoms with van der Waals surface area (Å²) in [6, 6.07) is 7.22. The van der Waals surface area contributed by atoms with E-state index in [1.165, 1.54) is 0 Å². The van der Waals surface area contributed by atoms with Crippen molar-refractivity contribution in [2.45, 2.75) is 26.7 Å². The molecule has 0 spiro atoms. The van der Waals surface area contributed by atoms with Gasteiger partial charge in [-0.05, 0) is 25.0 Å². The van der Waals surface area contributed by atoms with Crippen LogP contribution in [0.3, 0.4) is 0 Å². The lowest BCUT2D eigenvalue weighted by atomic mass is 10.1. The largest absolute Gasteiger partial charge is 0.492 e. The molecule has 0 atom stereocenters. The van der Waals surface area contributed by atoms with Crippen LogP contribution in [-0.4, -0.2) is 11.6 Å². The molecule has 0 amide bonds. The summed E-state index contributed by atoms with van der Waals surface area (Å²) in [4.78, 5) is 15.3. The highest BCUT2D eigenvalue weighted by Gasteiger charge is 2.08. The molecule has 1 aromatic carbocycles. The molecule has 0 saturated carbocycles. The normalized spacial score (nSPS) is 11.1. The highest BCUT2D eigenvalue weighted by atomic mass is 16.5. The molecule has 0 fully saturated rings. The van der Waals surface area contributed by atoms with Crippen molar-refractivity contribution in [2.24, 2.45) is 0 Å². The molecule has 3 heteroatoms. The van der Waals surface area contributed by atoms with E-state index in [-0.39, 0.29) is 5.43 Å². The van der Waals surface area contributed by atoms with E-state index in [9.17, 15) is 4.79 Å². The Bertz CT molecular complexity index is 584. The van der Waals surface area contributed by atoms with Crippen molar-refractivity contribution >= 4 is 10.9 Å². The number of para-hydroxylation sites is 1. The summed E-state index contributed by atoms with van der Waals surface area (Å²) in [7, 11) is 0. The third-order valence-electron chi connectivity index (χ3n) is 2.77. The first kappa shape index (κ1) is 11.7. The summed E-state index contributed by atoms with van der Waals surface area (Å²) in [5.41, 5.74) is 1.78. The quantitative estimate of drug-likeness (QED) is 0.882. The number of pyridine rings is 1. The van der Waals surface area contributed by atoms with Gasteiger partial charge < -0.3 is 9.72 Å². The monoisotopic (exact) mass is 231 g/mol. The molecular formula is C14H17NO2.